The van der Waals surface area contributed by atoms with E-state index in [2.05, 4.69) is 32.9 Å². The summed E-state index contributed by atoms with van der Waals surface area (Å²) in [5, 5.41) is 0. The molecule has 0 aromatic heterocycles. The van der Waals surface area contributed by atoms with Crippen LogP contribution in [0.4, 0.5) is 0 Å². The minimum absolute atomic E-state index is 0.0682. The lowest BCUT2D eigenvalue weighted by Gasteiger charge is -2.18. The maximum Gasteiger partial charge on any atom is 0.306 e. The van der Waals surface area contributed by atoms with Crippen LogP contribution in [-0.2, 0) is 28.6 Å². The number of allylic oxidation sites excluding steroid dienone is 2. The molecule has 0 amide bonds. The van der Waals surface area contributed by atoms with Crippen molar-refractivity contribution in [3.63, 3.8) is 0 Å². The summed E-state index contributed by atoms with van der Waals surface area (Å²) in [6.45, 7) is 6.63. The molecule has 0 aliphatic heterocycles. The van der Waals surface area contributed by atoms with Crippen molar-refractivity contribution in [1.82, 2.24) is 0 Å². The lowest BCUT2D eigenvalue weighted by molar-refractivity contribution is -0.167. The fourth-order valence-electron chi connectivity index (χ4n) is 9.55. The van der Waals surface area contributed by atoms with Crippen LogP contribution in [0.5, 0.6) is 0 Å². The number of carbonyl (C=O) groups excluding carboxylic acids is 3. The third-order valence-corrected chi connectivity index (χ3v) is 14.3. The second-order valence-electron chi connectivity index (χ2n) is 21.3. The van der Waals surface area contributed by atoms with E-state index in [9.17, 15) is 14.4 Å². The number of hydrogen-bond donors (Lipinski definition) is 0. The molecule has 1 atom stereocenters. The van der Waals surface area contributed by atoms with Gasteiger partial charge in [0.15, 0.2) is 6.10 Å². The molecule has 0 N–H and O–H groups in total. The van der Waals surface area contributed by atoms with Crippen LogP contribution in [0.2, 0.25) is 0 Å². The van der Waals surface area contributed by atoms with Crippen LogP contribution in [0.1, 0.15) is 355 Å². The summed E-state index contributed by atoms with van der Waals surface area (Å²) >= 11 is 0. The van der Waals surface area contributed by atoms with E-state index in [1.807, 2.05) is 0 Å². The van der Waals surface area contributed by atoms with Crippen molar-refractivity contribution in [3.8, 4) is 0 Å². The summed E-state index contributed by atoms with van der Waals surface area (Å²) in [6, 6.07) is 0. The molecular formula is C63H120O6. The molecule has 6 heteroatoms. The molecule has 0 aromatic rings. The number of unbranched alkanes of at least 4 members (excludes halogenated alkanes) is 45. The number of carbonyl (C=O) groups is 3. The van der Waals surface area contributed by atoms with Crippen LogP contribution in [0.15, 0.2) is 12.2 Å². The van der Waals surface area contributed by atoms with Crippen molar-refractivity contribution < 1.29 is 28.6 Å². The van der Waals surface area contributed by atoms with Crippen molar-refractivity contribution in [2.45, 2.75) is 361 Å². The number of esters is 3. The molecule has 0 aromatic carbocycles. The number of rotatable bonds is 58. The van der Waals surface area contributed by atoms with Gasteiger partial charge in [-0.15, -0.1) is 0 Å². The predicted octanol–water partition coefficient (Wildman–Crippen LogP) is 20.9. The summed E-state index contributed by atoms with van der Waals surface area (Å²) in [5.41, 5.74) is 0. The van der Waals surface area contributed by atoms with Gasteiger partial charge in [0, 0.05) is 19.3 Å². The van der Waals surface area contributed by atoms with Crippen LogP contribution in [0.25, 0.3) is 0 Å². The van der Waals surface area contributed by atoms with Gasteiger partial charge in [-0.25, -0.2) is 0 Å². The summed E-state index contributed by atoms with van der Waals surface area (Å²) in [6.07, 6.45) is 68.3. The molecule has 0 aliphatic rings. The molecular weight excluding hydrogens is 853 g/mol. The molecule has 408 valence electrons. The molecule has 0 radical (unpaired) electrons. The molecule has 0 saturated carbocycles. The molecule has 0 aliphatic carbocycles. The Labute approximate surface area is 431 Å². The van der Waals surface area contributed by atoms with Crippen LogP contribution in [-0.4, -0.2) is 37.2 Å². The van der Waals surface area contributed by atoms with Gasteiger partial charge in [-0.3, -0.25) is 14.4 Å². The van der Waals surface area contributed by atoms with E-state index in [0.29, 0.717) is 19.3 Å². The van der Waals surface area contributed by atoms with Crippen LogP contribution in [0.3, 0.4) is 0 Å². The predicted molar refractivity (Wildman–Crippen MR) is 298 cm³/mol. The summed E-state index contributed by atoms with van der Waals surface area (Å²) < 4.78 is 16.8. The standard InChI is InChI=1S/C63H120O6/c1-4-7-10-13-16-19-21-22-23-24-25-26-27-28-29-30-31-32-33-34-35-36-37-38-39-40-42-44-47-50-53-56-62(65)68-59-60(58-67-61(64)55-52-49-46-43-18-15-12-9-6-3)69-63(66)57-54-51-48-45-41-20-17-14-11-8-5-2/h14,17,60H,4-13,15-16,18-59H2,1-3H3/b17-14-. The van der Waals surface area contributed by atoms with E-state index >= 15 is 0 Å². The van der Waals surface area contributed by atoms with Crippen molar-refractivity contribution in [2.75, 3.05) is 13.2 Å². The smallest absolute Gasteiger partial charge is 0.306 e. The minimum Gasteiger partial charge on any atom is -0.462 e. The zero-order valence-corrected chi connectivity index (χ0v) is 46.9. The topological polar surface area (TPSA) is 78.9 Å². The van der Waals surface area contributed by atoms with Crippen molar-refractivity contribution >= 4 is 17.9 Å². The highest BCUT2D eigenvalue weighted by molar-refractivity contribution is 5.71. The Morgan fingerprint density at radius 3 is 0.768 bits per heavy atom. The van der Waals surface area contributed by atoms with Gasteiger partial charge >= 0.3 is 17.9 Å². The Morgan fingerprint density at radius 2 is 0.493 bits per heavy atom. The molecule has 0 rings (SSSR count). The average molecular weight is 974 g/mol. The van der Waals surface area contributed by atoms with E-state index in [1.54, 1.807) is 0 Å². The molecule has 69 heavy (non-hydrogen) atoms. The normalized spacial score (nSPS) is 12.0. The SMILES string of the molecule is CCCC/C=C\CCCCCCCC(=O)OC(COC(=O)CCCCCCCCCCC)COC(=O)CCCCCCCCCCCCCCCCCCCCCCCCCCCCCCCCC. The molecule has 0 spiro atoms. The highest BCUT2D eigenvalue weighted by atomic mass is 16.6. The van der Waals surface area contributed by atoms with E-state index in [4.69, 9.17) is 14.2 Å². The van der Waals surface area contributed by atoms with Crippen LogP contribution >= 0.6 is 0 Å². The fraction of sp³-hybridized carbons (Fsp3) is 0.921. The van der Waals surface area contributed by atoms with Gasteiger partial charge in [0.05, 0.1) is 0 Å². The first-order valence-corrected chi connectivity index (χ1v) is 31.2. The molecule has 0 heterocycles. The maximum absolute atomic E-state index is 12.8. The second-order valence-corrected chi connectivity index (χ2v) is 21.3. The first-order valence-electron chi connectivity index (χ1n) is 31.2. The third-order valence-electron chi connectivity index (χ3n) is 14.3. The number of hydrogen-bond acceptors (Lipinski definition) is 6. The van der Waals surface area contributed by atoms with Gasteiger partial charge in [-0.1, -0.05) is 309 Å². The van der Waals surface area contributed by atoms with Gasteiger partial charge < -0.3 is 14.2 Å². The zero-order valence-electron chi connectivity index (χ0n) is 46.9. The van der Waals surface area contributed by atoms with Gasteiger partial charge in [-0.2, -0.15) is 0 Å². The van der Waals surface area contributed by atoms with E-state index in [1.165, 1.54) is 250 Å². The highest BCUT2D eigenvalue weighted by Gasteiger charge is 2.19. The second kappa shape index (κ2) is 58.7. The van der Waals surface area contributed by atoms with Crippen molar-refractivity contribution in [2.24, 2.45) is 0 Å². The Bertz CT molecular complexity index is 1070. The summed E-state index contributed by atoms with van der Waals surface area (Å²) in [7, 11) is 0. The van der Waals surface area contributed by atoms with E-state index < -0.39 is 6.10 Å². The molecule has 1 unspecified atom stereocenters. The zero-order chi connectivity index (χ0) is 50.0. The third kappa shape index (κ3) is 56.9. The minimum atomic E-state index is -0.767. The van der Waals surface area contributed by atoms with Gasteiger partial charge in [0.1, 0.15) is 13.2 Å². The van der Waals surface area contributed by atoms with Gasteiger partial charge in [0.25, 0.3) is 0 Å². The highest BCUT2D eigenvalue weighted by Crippen LogP contribution is 2.18. The first-order chi connectivity index (χ1) is 34.0. The maximum atomic E-state index is 12.8. The first kappa shape index (κ1) is 67.1. The Kier molecular flexibility index (Phi) is 57.1. The largest absolute Gasteiger partial charge is 0.462 e. The van der Waals surface area contributed by atoms with Crippen LogP contribution in [0, 0.1) is 0 Å². The van der Waals surface area contributed by atoms with Gasteiger partial charge in [0.2, 0.25) is 0 Å². The van der Waals surface area contributed by atoms with E-state index in [-0.39, 0.29) is 31.1 Å². The average Bonchev–Trinajstić information content (AvgIpc) is 3.35. The van der Waals surface area contributed by atoms with E-state index in [0.717, 1.165) is 64.2 Å². The molecule has 6 nitrogen and oxygen atoms in total. The van der Waals surface area contributed by atoms with Gasteiger partial charge in [-0.05, 0) is 38.5 Å². The number of ether oxygens (including phenoxy) is 3. The van der Waals surface area contributed by atoms with Crippen LogP contribution < -0.4 is 0 Å². The quantitative estimate of drug-likeness (QED) is 0.0261. The lowest BCUT2D eigenvalue weighted by Crippen LogP contribution is -2.30. The fourth-order valence-corrected chi connectivity index (χ4v) is 9.55. The summed E-state index contributed by atoms with van der Waals surface area (Å²) in [4.78, 5) is 37.9. The molecule has 0 saturated heterocycles. The molecule has 0 bridgehead atoms. The Morgan fingerprint density at radius 1 is 0.275 bits per heavy atom. The monoisotopic (exact) mass is 973 g/mol. The Balaban J connectivity index is 3.94. The van der Waals surface area contributed by atoms with Crippen molar-refractivity contribution in [3.05, 3.63) is 12.2 Å². The summed E-state index contributed by atoms with van der Waals surface area (Å²) in [5.74, 6) is -0.861. The lowest BCUT2D eigenvalue weighted by atomic mass is 10.0. The Hall–Kier alpha value is -1.85. The van der Waals surface area contributed by atoms with Crippen molar-refractivity contribution in [1.29, 1.82) is 0 Å². The molecule has 0 fully saturated rings.